The second kappa shape index (κ2) is 7.86. The zero-order valence-electron chi connectivity index (χ0n) is 14.8. The molecule has 0 aliphatic carbocycles. The van der Waals surface area contributed by atoms with Gasteiger partial charge in [0.25, 0.3) is 0 Å². The minimum Gasteiger partial charge on any atom is -0.356 e. The normalized spacial score (nSPS) is 17.4. The highest BCUT2D eigenvalue weighted by Gasteiger charge is 2.25. The highest BCUT2D eigenvalue weighted by molar-refractivity contribution is 7.98. The molecule has 0 spiro atoms. The van der Waals surface area contributed by atoms with Crippen molar-refractivity contribution < 1.29 is 0 Å². The summed E-state index contributed by atoms with van der Waals surface area (Å²) in [4.78, 5) is 20.1. The van der Waals surface area contributed by atoms with Crippen LogP contribution in [0.3, 0.4) is 0 Å². The molecule has 4 heterocycles. The molecular formula is C19H22N6S. The SMILES string of the molecule is CSc1nccc(N2CCC[C@@H](c3nccn3Cc3ccncc3)C2)n1. The summed E-state index contributed by atoms with van der Waals surface area (Å²) in [5, 5.41) is 0.823. The van der Waals surface area contributed by atoms with E-state index >= 15 is 0 Å². The predicted molar refractivity (Wildman–Crippen MR) is 104 cm³/mol. The summed E-state index contributed by atoms with van der Waals surface area (Å²) < 4.78 is 2.26. The summed E-state index contributed by atoms with van der Waals surface area (Å²) >= 11 is 1.58. The number of aromatic nitrogens is 5. The Bertz CT molecular complexity index is 850. The zero-order chi connectivity index (χ0) is 17.8. The molecule has 0 N–H and O–H groups in total. The summed E-state index contributed by atoms with van der Waals surface area (Å²) in [5.41, 5.74) is 1.24. The quantitative estimate of drug-likeness (QED) is 0.510. The van der Waals surface area contributed by atoms with Gasteiger partial charge < -0.3 is 9.47 Å². The first-order chi connectivity index (χ1) is 12.8. The number of nitrogens with zero attached hydrogens (tertiary/aromatic N) is 6. The van der Waals surface area contributed by atoms with Gasteiger partial charge in [0.1, 0.15) is 11.6 Å². The Morgan fingerprint density at radius 3 is 2.85 bits per heavy atom. The maximum atomic E-state index is 4.68. The largest absolute Gasteiger partial charge is 0.356 e. The van der Waals surface area contributed by atoms with Crippen LogP contribution in [0.25, 0.3) is 0 Å². The molecule has 0 aromatic carbocycles. The molecule has 7 heteroatoms. The van der Waals surface area contributed by atoms with Crippen LogP contribution in [-0.4, -0.2) is 43.8 Å². The maximum absolute atomic E-state index is 4.68. The van der Waals surface area contributed by atoms with Gasteiger partial charge in [-0.05, 0) is 42.9 Å². The summed E-state index contributed by atoms with van der Waals surface area (Å²) in [7, 11) is 0. The topological polar surface area (TPSA) is 59.7 Å². The predicted octanol–water partition coefficient (Wildman–Crippen LogP) is 3.22. The Morgan fingerprint density at radius 1 is 1.12 bits per heavy atom. The molecule has 0 amide bonds. The van der Waals surface area contributed by atoms with Crippen molar-refractivity contribution in [1.82, 2.24) is 24.5 Å². The van der Waals surface area contributed by atoms with E-state index in [1.807, 2.05) is 37.1 Å². The van der Waals surface area contributed by atoms with Crippen LogP contribution in [0.2, 0.25) is 0 Å². The molecule has 4 rings (SSSR count). The third-order valence-corrected chi connectivity index (χ3v) is 5.32. The van der Waals surface area contributed by atoms with Gasteiger partial charge in [0.05, 0.1) is 0 Å². The van der Waals surface area contributed by atoms with Gasteiger partial charge in [0.2, 0.25) is 0 Å². The summed E-state index contributed by atoms with van der Waals surface area (Å²) in [6.07, 6.45) is 13.8. The number of thioether (sulfide) groups is 1. The summed E-state index contributed by atoms with van der Waals surface area (Å²) in [6.45, 7) is 2.81. The number of hydrogen-bond donors (Lipinski definition) is 0. The van der Waals surface area contributed by atoms with Gasteiger partial charge in [-0.1, -0.05) is 11.8 Å². The van der Waals surface area contributed by atoms with E-state index in [4.69, 9.17) is 0 Å². The fourth-order valence-electron chi connectivity index (χ4n) is 3.50. The number of anilines is 1. The van der Waals surface area contributed by atoms with Crippen LogP contribution in [0.15, 0.2) is 54.3 Å². The monoisotopic (exact) mass is 366 g/mol. The van der Waals surface area contributed by atoms with Crippen molar-refractivity contribution >= 4 is 17.6 Å². The molecule has 1 fully saturated rings. The molecule has 3 aromatic rings. The van der Waals surface area contributed by atoms with E-state index in [1.165, 1.54) is 5.56 Å². The Hall–Kier alpha value is -2.41. The molecule has 1 aliphatic heterocycles. The van der Waals surface area contributed by atoms with Crippen LogP contribution in [-0.2, 0) is 6.54 Å². The highest BCUT2D eigenvalue weighted by atomic mass is 32.2. The number of hydrogen-bond acceptors (Lipinski definition) is 6. The Balaban J connectivity index is 1.52. The van der Waals surface area contributed by atoms with Crippen LogP contribution < -0.4 is 4.90 Å². The minimum atomic E-state index is 0.410. The first kappa shape index (κ1) is 17.0. The van der Waals surface area contributed by atoms with Gasteiger partial charge in [0, 0.05) is 56.5 Å². The molecule has 1 atom stereocenters. The van der Waals surface area contributed by atoms with E-state index in [0.29, 0.717) is 5.92 Å². The lowest BCUT2D eigenvalue weighted by Gasteiger charge is -2.33. The lowest BCUT2D eigenvalue weighted by molar-refractivity contribution is 0.473. The number of rotatable bonds is 5. The Kier molecular flexibility index (Phi) is 5.15. The molecule has 1 saturated heterocycles. The smallest absolute Gasteiger partial charge is 0.189 e. The molecule has 1 aliphatic rings. The van der Waals surface area contributed by atoms with E-state index in [9.17, 15) is 0 Å². The van der Waals surface area contributed by atoms with Crippen LogP contribution in [0.4, 0.5) is 5.82 Å². The van der Waals surface area contributed by atoms with E-state index in [-0.39, 0.29) is 0 Å². The van der Waals surface area contributed by atoms with Gasteiger partial charge in [-0.2, -0.15) is 0 Å². The van der Waals surface area contributed by atoms with Crippen LogP contribution in [0, 0.1) is 0 Å². The third-order valence-electron chi connectivity index (χ3n) is 4.76. The first-order valence-electron chi connectivity index (χ1n) is 8.85. The third kappa shape index (κ3) is 3.72. The molecule has 0 saturated carbocycles. The summed E-state index contributed by atoms with van der Waals surface area (Å²) in [5.74, 6) is 2.58. The van der Waals surface area contributed by atoms with Gasteiger partial charge in [-0.3, -0.25) is 4.98 Å². The minimum absolute atomic E-state index is 0.410. The molecule has 3 aromatic heterocycles. The molecule has 0 radical (unpaired) electrons. The number of piperidine rings is 1. The molecule has 134 valence electrons. The number of imidazole rings is 1. The lowest BCUT2D eigenvalue weighted by atomic mass is 9.97. The van der Waals surface area contributed by atoms with Crippen molar-refractivity contribution in [3.63, 3.8) is 0 Å². The fourth-order valence-corrected chi connectivity index (χ4v) is 3.85. The van der Waals surface area contributed by atoms with E-state index < -0.39 is 0 Å². The molecular weight excluding hydrogens is 344 g/mol. The van der Waals surface area contributed by atoms with E-state index in [1.54, 1.807) is 11.8 Å². The Labute approximate surface area is 157 Å². The van der Waals surface area contributed by atoms with Crippen molar-refractivity contribution in [3.05, 3.63) is 60.6 Å². The Morgan fingerprint density at radius 2 is 2.00 bits per heavy atom. The maximum Gasteiger partial charge on any atom is 0.189 e. The van der Waals surface area contributed by atoms with Gasteiger partial charge >= 0.3 is 0 Å². The summed E-state index contributed by atoms with van der Waals surface area (Å²) in [6, 6.07) is 6.12. The molecule has 26 heavy (non-hydrogen) atoms. The molecule has 6 nitrogen and oxygen atoms in total. The molecule has 0 bridgehead atoms. The molecule has 0 unspecified atom stereocenters. The second-order valence-corrected chi connectivity index (χ2v) is 7.23. The lowest BCUT2D eigenvalue weighted by Crippen LogP contribution is -2.36. The van der Waals surface area contributed by atoms with Gasteiger partial charge in [-0.15, -0.1) is 0 Å². The van der Waals surface area contributed by atoms with Crippen molar-refractivity contribution in [2.24, 2.45) is 0 Å². The van der Waals surface area contributed by atoms with E-state index in [2.05, 4.69) is 47.7 Å². The van der Waals surface area contributed by atoms with Crippen molar-refractivity contribution in [3.8, 4) is 0 Å². The van der Waals surface area contributed by atoms with Crippen molar-refractivity contribution in [1.29, 1.82) is 0 Å². The fraction of sp³-hybridized carbons (Fsp3) is 0.368. The van der Waals surface area contributed by atoms with Crippen LogP contribution in [0.1, 0.15) is 30.1 Å². The van der Waals surface area contributed by atoms with Gasteiger partial charge in [-0.25, -0.2) is 15.0 Å². The second-order valence-electron chi connectivity index (χ2n) is 6.46. The van der Waals surface area contributed by atoms with Crippen LogP contribution in [0.5, 0.6) is 0 Å². The zero-order valence-corrected chi connectivity index (χ0v) is 15.6. The van der Waals surface area contributed by atoms with Gasteiger partial charge in [0.15, 0.2) is 5.16 Å². The van der Waals surface area contributed by atoms with Crippen molar-refractivity contribution in [2.45, 2.75) is 30.5 Å². The standard InChI is InChI=1S/C19H22N6S/c1-26-19-22-9-6-17(23-19)24-11-2-3-16(14-24)18-21-10-12-25(18)13-15-4-7-20-8-5-15/h4-10,12,16H,2-3,11,13-14H2,1H3/t16-/m1/s1. The van der Waals surface area contributed by atoms with Crippen molar-refractivity contribution in [2.75, 3.05) is 24.2 Å². The van der Waals surface area contributed by atoms with E-state index in [0.717, 1.165) is 49.3 Å². The average molecular weight is 366 g/mol. The average Bonchev–Trinajstić information content (AvgIpc) is 3.17. The van der Waals surface area contributed by atoms with Crippen LogP contribution >= 0.6 is 11.8 Å². The number of pyridine rings is 1. The highest BCUT2D eigenvalue weighted by Crippen LogP contribution is 2.29. The first-order valence-corrected chi connectivity index (χ1v) is 10.1.